The number of rotatable bonds is 9. The first-order chi connectivity index (χ1) is 14.2. The summed E-state index contributed by atoms with van der Waals surface area (Å²) in [6.07, 6.45) is 5.15. The van der Waals surface area contributed by atoms with Gasteiger partial charge in [-0.1, -0.05) is 124 Å². The Hall–Kier alpha value is -2.08. The van der Waals surface area contributed by atoms with Crippen LogP contribution in [0.15, 0.2) is 91.0 Å². The van der Waals surface area contributed by atoms with E-state index in [0.717, 1.165) is 12.8 Å². The summed E-state index contributed by atoms with van der Waals surface area (Å²) in [6, 6.07) is 32.4. The summed E-state index contributed by atoms with van der Waals surface area (Å²) in [5.74, 6) is 0. The minimum Gasteiger partial charge on any atom is -0.389 e. The van der Waals surface area contributed by atoms with E-state index in [1.165, 1.54) is 40.5 Å². The number of unbranched alkanes of at least 4 members (excludes halogenated alkanes) is 3. The van der Waals surface area contributed by atoms with Crippen LogP contribution in [0, 0.1) is 0 Å². The van der Waals surface area contributed by atoms with Crippen LogP contribution in [-0.2, 0) is 0 Å². The van der Waals surface area contributed by atoms with Gasteiger partial charge in [0.1, 0.15) is 0 Å². The van der Waals surface area contributed by atoms with E-state index in [0.29, 0.717) is 0 Å². The van der Waals surface area contributed by atoms with Gasteiger partial charge in [0.05, 0.1) is 6.10 Å². The molecule has 0 heterocycles. The molecular weight excluding hydrogens is 371 g/mol. The van der Waals surface area contributed by atoms with Crippen molar-refractivity contribution in [2.24, 2.45) is 0 Å². The lowest BCUT2D eigenvalue weighted by Crippen LogP contribution is -2.34. The Morgan fingerprint density at radius 1 is 0.690 bits per heavy atom. The van der Waals surface area contributed by atoms with Gasteiger partial charge < -0.3 is 5.11 Å². The highest BCUT2D eigenvalue weighted by Crippen LogP contribution is 2.47. The summed E-state index contributed by atoms with van der Waals surface area (Å²) in [5, 5.41) is 16.5. The highest BCUT2D eigenvalue weighted by atomic mass is 31.2. The molecule has 0 aromatic heterocycles. The molecule has 1 nitrogen and oxygen atoms in total. The molecule has 3 rings (SSSR count). The van der Waals surface area contributed by atoms with E-state index in [2.05, 4.69) is 105 Å². The molecule has 0 fully saturated rings. The van der Waals surface area contributed by atoms with Gasteiger partial charge in [0, 0.05) is 0 Å². The molecule has 0 aliphatic carbocycles. The van der Waals surface area contributed by atoms with Gasteiger partial charge in [0.15, 0.2) is 0 Å². The lowest BCUT2D eigenvalue weighted by atomic mass is 10.1. The van der Waals surface area contributed by atoms with Gasteiger partial charge >= 0.3 is 0 Å². The van der Waals surface area contributed by atoms with Crippen molar-refractivity contribution < 1.29 is 5.11 Å². The molecule has 0 amide bonds. The second kappa shape index (κ2) is 10.6. The van der Waals surface area contributed by atoms with E-state index in [4.69, 9.17) is 0 Å². The molecule has 3 aromatic rings. The Labute approximate surface area is 176 Å². The largest absolute Gasteiger partial charge is 0.389 e. The van der Waals surface area contributed by atoms with Crippen molar-refractivity contribution in [1.82, 2.24) is 0 Å². The summed E-state index contributed by atoms with van der Waals surface area (Å²) < 4.78 is 0. The zero-order valence-electron chi connectivity index (χ0n) is 17.7. The fourth-order valence-electron chi connectivity index (χ4n) is 4.21. The van der Waals surface area contributed by atoms with Gasteiger partial charge in [0.2, 0.25) is 0 Å². The zero-order valence-corrected chi connectivity index (χ0v) is 18.6. The van der Waals surface area contributed by atoms with Crippen molar-refractivity contribution >= 4 is 28.1 Å². The molecule has 0 spiro atoms. The Bertz CT molecular complexity index is 813. The highest BCUT2D eigenvalue weighted by Gasteiger charge is 2.30. The average Bonchev–Trinajstić information content (AvgIpc) is 2.79. The van der Waals surface area contributed by atoms with Crippen LogP contribution in [0.4, 0.5) is 0 Å². The third-order valence-electron chi connectivity index (χ3n) is 5.77. The normalized spacial score (nSPS) is 12.5. The number of aliphatic hydroxyl groups is 1. The standard InChI is InChI=1S/C27H33OP/c1-3-4-5-15-22-27(28)23(2)29(24-16-9-6-10-17-24,25-18-11-7-12-19-25)26-20-13-8-14-21-26/h6-14,16-21,27-28H,3-5,15,22H2,1-2H3. The van der Waals surface area contributed by atoms with Crippen LogP contribution < -0.4 is 15.9 Å². The number of hydrogen-bond donors (Lipinski definition) is 1. The fraction of sp³-hybridized carbons (Fsp3) is 0.296. The maximum atomic E-state index is 11.3. The van der Waals surface area contributed by atoms with Crippen LogP contribution in [0.25, 0.3) is 0 Å². The molecule has 152 valence electrons. The van der Waals surface area contributed by atoms with Crippen molar-refractivity contribution in [3.05, 3.63) is 91.0 Å². The van der Waals surface area contributed by atoms with E-state index >= 15 is 0 Å². The van der Waals surface area contributed by atoms with Gasteiger partial charge in [0.25, 0.3) is 0 Å². The zero-order chi connectivity index (χ0) is 20.5. The smallest absolute Gasteiger partial charge is 0.0760 e. The maximum absolute atomic E-state index is 11.3. The lowest BCUT2D eigenvalue weighted by Gasteiger charge is -2.33. The molecule has 0 radical (unpaired) electrons. The minimum absolute atomic E-state index is 0.402. The topological polar surface area (TPSA) is 20.2 Å². The van der Waals surface area contributed by atoms with Crippen molar-refractivity contribution in [2.75, 3.05) is 0 Å². The predicted molar refractivity (Wildman–Crippen MR) is 131 cm³/mol. The first-order valence-corrected chi connectivity index (χ1v) is 12.6. The molecule has 1 atom stereocenters. The number of aliphatic hydroxyl groups excluding tert-OH is 1. The molecule has 0 saturated carbocycles. The van der Waals surface area contributed by atoms with E-state index < -0.39 is 13.0 Å². The fourth-order valence-corrected chi connectivity index (χ4v) is 8.76. The van der Waals surface area contributed by atoms with Gasteiger partial charge in [-0.2, -0.15) is 0 Å². The van der Waals surface area contributed by atoms with Crippen LogP contribution in [0.2, 0.25) is 0 Å². The van der Waals surface area contributed by atoms with Crippen LogP contribution in [-0.4, -0.2) is 16.5 Å². The molecule has 2 heteroatoms. The van der Waals surface area contributed by atoms with E-state index in [9.17, 15) is 5.11 Å². The van der Waals surface area contributed by atoms with E-state index in [1.54, 1.807) is 0 Å². The van der Waals surface area contributed by atoms with Crippen molar-refractivity contribution in [3.63, 3.8) is 0 Å². The maximum Gasteiger partial charge on any atom is 0.0760 e. The van der Waals surface area contributed by atoms with Gasteiger partial charge in [-0.05, 0) is 41.4 Å². The number of hydrogen-bond acceptors (Lipinski definition) is 1. The average molecular weight is 405 g/mol. The number of benzene rings is 3. The molecule has 29 heavy (non-hydrogen) atoms. The van der Waals surface area contributed by atoms with Crippen LogP contribution in [0.3, 0.4) is 0 Å². The summed E-state index contributed by atoms with van der Waals surface area (Å²) in [4.78, 5) is 0. The van der Waals surface area contributed by atoms with E-state index in [1.807, 2.05) is 0 Å². The summed E-state index contributed by atoms with van der Waals surface area (Å²) in [6.45, 7) is 2.32. The summed E-state index contributed by atoms with van der Waals surface area (Å²) >= 11 is 0. The first kappa shape index (κ1) is 21.6. The molecule has 0 saturated heterocycles. The van der Waals surface area contributed by atoms with Gasteiger partial charge in [-0.15, -0.1) is 0 Å². The third-order valence-corrected chi connectivity index (χ3v) is 10.3. The predicted octanol–water partition coefficient (Wildman–Crippen LogP) is 5.50. The Morgan fingerprint density at radius 3 is 1.48 bits per heavy atom. The van der Waals surface area contributed by atoms with E-state index in [-0.39, 0.29) is 0 Å². The minimum atomic E-state index is -2.09. The molecule has 0 bridgehead atoms. The molecule has 0 aliphatic heterocycles. The second-order valence-electron chi connectivity index (χ2n) is 7.68. The molecule has 1 unspecified atom stereocenters. The van der Waals surface area contributed by atoms with Crippen molar-refractivity contribution in [3.8, 4) is 0 Å². The van der Waals surface area contributed by atoms with Crippen molar-refractivity contribution in [1.29, 1.82) is 0 Å². The Balaban J connectivity index is 2.25. The molecule has 1 N–H and O–H groups in total. The molecule has 0 aliphatic rings. The third kappa shape index (κ3) is 4.74. The Kier molecular flexibility index (Phi) is 7.92. The first-order valence-electron chi connectivity index (χ1n) is 10.8. The van der Waals surface area contributed by atoms with Crippen LogP contribution >= 0.6 is 6.89 Å². The monoisotopic (exact) mass is 404 g/mol. The van der Waals surface area contributed by atoms with Crippen LogP contribution in [0.5, 0.6) is 0 Å². The Morgan fingerprint density at radius 2 is 1.10 bits per heavy atom. The summed E-state index contributed by atoms with van der Waals surface area (Å²) in [7, 11) is 0. The van der Waals surface area contributed by atoms with Gasteiger partial charge in [-0.25, -0.2) is 0 Å². The quantitative estimate of drug-likeness (QED) is 0.369. The summed E-state index contributed by atoms with van der Waals surface area (Å²) in [5.41, 5.74) is 0. The molecule has 3 aromatic carbocycles. The highest BCUT2D eigenvalue weighted by molar-refractivity contribution is 7.95. The second-order valence-corrected chi connectivity index (χ2v) is 11.3. The lowest BCUT2D eigenvalue weighted by molar-refractivity contribution is 0.227. The van der Waals surface area contributed by atoms with Crippen molar-refractivity contribution in [2.45, 2.75) is 52.1 Å². The SMILES string of the molecule is CCCCCCC(O)C(C)=P(c1ccccc1)(c1ccccc1)c1ccccc1. The molecular formula is C27H33OP. The van der Waals surface area contributed by atoms with Crippen LogP contribution in [0.1, 0.15) is 46.0 Å². The van der Waals surface area contributed by atoms with Gasteiger partial charge in [-0.3, -0.25) is 0 Å².